The molecule has 2 amide bonds. The molecule has 2 atom stereocenters. The van der Waals surface area contributed by atoms with E-state index in [-0.39, 0.29) is 30.5 Å². The summed E-state index contributed by atoms with van der Waals surface area (Å²) in [6, 6.07) is 22.8. The van der Waals surface area contributed by atoms with Gasteiger partial charge >= 0.3 is 0 Å². The van der Waals surface area contributed by atoms with Crippen LogP contribution in [0, 0.1) is 5.92 Å². The number of carbonyl (C=O) groups is 2. The number of anilines is 1. The average molecular weight is 552 g/mol. The van der Waals surface area contributed by atoms with Crippen molar-refractivity contribution in [1.29, 1.82) is 0 Å². The molecule has 0 radical (unpaired) electrons. The number of benzene rings is 3. The monoisotopic (exact) mass is 551 g/mol. The highest BCUT2D eigenvalue weighted by molar-refractivity contribution is 7.89. The van der Waals surface area contributed by atoms with Gasteiger partial charge in [0.15, 0.2) is 0 Å². The number of hydrogen-bond donors (Lipinski definition) is 1. The van der Waals surface area contributed by atoms with Gasteiger partial charge in [0.1, 0.15) is 6.04 Å². The van der Waals surface area contributed by atoms with Gasteiger partial charge in [-0.3, -0.25) is 19.3 Å². The zero-order valence-electron chi connectivity index (χ0n) is 21.3. The van der Waals surface area contributed by atoms with Crippen molar-refractivity contribution >= 4 is 44.8 Å². The molecule has 1 aliphatic heterocycles. The van der Waals surface area contributed by atoms with Gasteiger partial charge in [0, 0.05) is 29.1 Å². The molecule has 1 N–H and O–H groups in total. The molecule has 9 heteroatoms. The Kier molecular flexibility index (Phi) is 8.64. The first-order valence-electron chi connectivity index (χ1n) is 12.5. The molecule has 0 saturated carbocycles. The van der Waals surface area contributed by atoms with Crippen LogP contribution in [-0.2, 0) is 25.4 Å². The summed E-state index contributed by atoms with van der Waals surface area (Å²) in [4.78, 5) is 33.0. The number of nitrogens with zero attached hydrogens (tertiary/aromatic N) is 2. The van der Waals surface area contributed by atoms with Gasteiger partial charge in [-0.05, 0) is 29.7 Å². The third-order valence-electron chi connectivity index (χ3n) is 6.55. The van der Waals surface area contributed by atoms with Gasteiger partial charge in [-0.25, -0.2) is 8.42 Å². The Balaban J connectivity index is 1.63. The van der Waals surface area contributed by atoms with Gasteiger partial charge in [-0.1, -0.05) is 92.5 Å². The molecule has 0 aromatic heterocycles. The summed E-state index contributed by atoms with van der Waals surface area (Å²) >= 11 is 6.37. The van der Waals surface area contributed by atoms with Crippen molar-refractivity contribution in [3.63, 3.8) is 0 Å². The minimum atomic E-state index is -3.89. The molecule has 0 bridgehead atoms. The molecule has 198 valence electrons. The van der Waals surface area contributed by atoms with Crippen LogP contribution in [0.2, 0.25) is 5.02 Å². The number of halogens is 1. The number of nitrogens with one attached hydrogen (secondary N) is 1. The molecule has 0 aliphatic carbocycles. The molecule has 3 aromatic carbocycles. The Morgan fingerprint density at radius 1 is 1.05 bits per heavy atom. The average Bonchev–Trinajstić information content (AvgIpc) is 3.01. The minimum Gasteiger partial charge on any atom is -0.309 e. The molecule has 1 heterocycles. The topological polar surface area (TPSA) is 95.9 Å². The fourth-order valence-corrected chi connectivity index (χ4v) is 5.72. The van der Waals surface area contributed by atoms with Crippen molar-refractivity contribution < 1.29 is 18.0 Å². The maximum absolute atomic E-state index is 13.8. The lowest BCUT2D eigenvalue weighted by molar-refractivity contribution is -0.121. The first-order chi connectivity index (χ1) is 18.2. The van der Waals surface area contributed by atoms with Crippen LogP contribution in [0.3, 0.4) is 0 Å². The lowest BCUT2D eigenvalue weighted by Gasteiger charge is -2.27. The van der Waals surface area contributed by atoms with Crippen molar-refractivity contribution in [2.24, 2.45) is 10.9 Å². The fraction of sp³-hybridized carbons (Fsp3) is 0.276. The molecule has 0 spiro atoms. The SMILES string of the molecule is CC[C@H](C)[C@@H]1N=C(c2ccccc2)c2cc(Cl)ccc2N(CCC(=O)NS(=O)(=O)Cc2ccccc2)C1=O. The number of fused-ring (bicyclic) bond motifs is 1. The maximum atomic E-state index is 13.8. The summed E-state index contributed by atoms with van der Waals surface area (Å²) in [5.41, 5.74) is 3.33. The second-order valence-corrected chi connectivity index (χ2v) is 11.5. The predicted molar refractivity (Wildman–Crippen MR) is 151 cm³/mol. The Morgan fingerprint density at radius 2 is 1.71 bits per heavy atom. The van der Waals surface area contributed by atoms with Crippen LogP contribution in [0.4, 0.5) is 5.69 Å². The van der Waals surface area contributed by atoms with Crippen LogP contribution >= 0.6 is 11.6 Å². The zero-order valence-corrected chi connectivity index (χ0v) is 22.9. The van der Waals surface area contributed by atoms with Crippen molar-refractivity contribution in [2.45, 2.75) is 38.5 Å². The van der Waals surface area contributed by atoms with E-state index in [1.165, 1.54) is 4.90 Å². The van der Waals surface area contributed by atoms with E-state index in [0.717, 1.165) is 12.0 Å². The van der Waals surface area contributed by atoms with Gasteiger partial charge in [-0.15, -0.1) is 0 Å². The number of benzodiazepines with no additional fused rings is 1. The Hall–Kier alpha value is -3.49. The Labute approximate surface area is 228 Å². The van der Waals surface area contributed by atoms with Crippen molar-refractivity contribution in [2.75, 3.05) is 11.4 Å². The van der Waals surface area contributed by atoms with E-state index >= 15 is 0 Å². The first-order valence-corrected chi connectivity index (χ1v) is 14.5. The minimum absolute atomic E-state index is 0.00925. The Bertz CT molecular complexity index is 1440. The largest absolute Gasteiger partial charge is 0.309 e. The lowest BCUT2D eigenvalue weighted by Crippen LogP contribution is -2.43. The number of aliphatic imine (C=N–C) groups is 1. The summed E-state index contributed by atoms with van der Waals surface area (Å²) in [5.74, 6) is -1.30. The lowest BCUT2D eigenvalue weighted by atomic mass is 9.98. The molecule has 38 heavy (non-hydrogen) atoms. The van der Waals surface area contributed by atoms with E-state index in [9.17, 15) is 18.0 Å². The van der Waals surface area contributed by atoms with Crippen LogP contribution < -0.4 is 9.62 Å². The van der Waals surface area contributed by atoms with Gasteiger partial charge in [0.25, 0.3) is 5.91 Å². The summed E-state index contributed by atoms with van der Waals surface area (Å²) in [6.45, 7) is 3.96. The van der Waals surface area contributed by atoms with Crippen molar-refractivity contribution in [3.05, 3.63) is 101 Å². The molecule has 0 fully saturated rings. The van der Waals surface area contributed by atoms with E-state index in [1.54, 1.807) is 48.5 Å². The smallest absolute Gasteiger partial charge is 0.252 e. The summed E-state index contributed by atoms with van der Waals surface area (Å²) in [5, 5.41) is 0.492. The van der Waals surface area contributed by atoms with E-state index < -0.39 is 22.0 Å². The predicted octanol–water partition coefficient (Wildman–Crippen LogP) is 4.98. The number of carbonyl (C=O) groups excluding carboxylic acids is 2. The normalized spacial score (nSPS) is 16.3. The first kappa shape index (κ1) is 27.5. The molecular weight excluding hydrogens is 522 g/mol. The second kappa shape index (κ2) is 11.9. The van der Waals surface area contributed by atoms with Crippen LogP contribution in [-0.4, -0.2) is 38.5 Å². The number of hydrogen-bond acceptors (Lipinski definition) is 5. The molecule has 1 aliphatic rings. The molecule has 7 nitrogen and oxygen atoms in total. The summed E-state index contributed by atoms with van der Waals surface area (Å²) < 4.78 is 27.2. The number of sulfonamides is 1. The molecular formula is C29H30ClN3O4S. The van der Waals surface area contributed by atoms with Crippen LogP contribution in [0.1, 0.15) is 43.4 Å². The third kappa shape index (κ3) is 6.49. The zero-order chi connectivity index (χ0) is 27.3. The van der Waals surface area contributed by atoms with Crippen molar-refractivity contribution in [1.82, 2.24) is 4.72 Å². The van der Waals surface area contributed by atoms with Gasteiger partial charge in [-0.2, -0.15) is 0 Å². The van der Waals surface area contributed by atoms with E-state index in [0.29, 0.717) is 27.5 Å². The van der Waals surface area contributed by atoms with Gasteiger partial charge < -0.3 is 4.90 Å². The van der Waals surface area contributed by atoms with Gasteiger partial charge in [0.2, 0.25) is 15.9 Å². The van der Waals surface area contributed by atoms with Crippen LogP contribution in [0.15, 0.2) is 83.9 Å². The second-order valence-electron chi connectivity index (χ2n) is 9.35. The highest BCUT2D eigenvalue weighted by atomic mass is 35.5. The van der Waals surface area contributed by atoms with E-state index in [4.69, 9.17) is 16.6 Å². The third-order valence-corrected chi connectivity index (χ3v) is 8.04. The summed E-state index contributed by atoms with van der Waals surface area (Å²) in [6.07, 6.45) is 0.529. The van der Waals surface area contributed by atoms with Crippen molar-refractivity contribution in [3.8, 4) is 0 Å². The number of rotatable bonds is 9. The molecule has 0 unspecified atom stereocenters. The van der Waals surface area contributed by atoms with Crippen LogP contribution in [0.5, 0.6) is 0 Å². The van der Waals surface area contributed by atoms with E-state index in [2.05, 4.69) is 4.72 Å². The standard InChI is InChI=1S/C29H30ClN3O4S/c1-3-20(2)27-29(35)33(17-16-26(34)32-38(36,37)19-21-10-6-4-7-11-21)25-15-14-23(30)18-24(25)28(31-27)22-12-8-5-9-13-22/h4-15,18,20,27H,3,16-17,19H2,1-2H3,(H,32,34)/t20-,27-/m0/s1. The summed E-state index contributed by atoms with van der Waals surface area (Å²) in [7, 11) is -3.89. The van der Waals surface area contributed by atoms with E-state index in [1.807, 2.05) is 44.2 Å². The fourth-order valence-electron chi connectivity index (χ4n) is 4.39. The number of amides is 2. The maximum Gasteiger partial charge on any atom is 0.252 e. The van der Waals surface area contributed by atoms with Gasteiger partial charge in [0.05, 0.1) is 17.2 Å². The molecule has 3 aromatic rings. The highest BCUT2D eigenvalue weighted by Gasteiger charge is 2.35. The molecule has 4 rings (SSSR count). The quantitative estimate of drug-likeness (QED) is 0.406. The van der Waals surface area contributed by atoms with Crippen LogP contribution in [0.25, 0.3) is 0 Å². The molecule has 0 saturated heterocycles. The Morgan fingerprint density at radius 3 is 2.37 bits per heavy atom. The highest BCUT2D eigenvalue weighted by Crippen LogP contribution is 2.33.